The van der Waals surface area contributed by atoms with E-state index < -0.39 is 0 Å². The molecule has 0 atom stereocenters. The lowest BCUT2D eigenvalue weighted by Gasteiger charge is -2.17. The fraction of sp³-hybridized carbons (Fsp3) is 0.192. The number of hydrogen-bond acceptors (Lipinski definition) is 5. The molecule has 1 aromatic heterocycles. The summed E-state index contributed by atoms with van der Waals surface area (Å²) in [6.45, 7) is 0.511. The van der Waals surface area contributed by atoms with E-state index in [4.69, 9.17) is 14.2 Å². The van der Waals surface area contributed by atoms with Gasteiger partial charge >= 0.3 is 0 Å². The highest BCUT2D eigenvalue weighted by Crippen LogP contribution is 2.41. The van der Waals surface area contributed by atoms with Gasteiger partial charge in [0.25, 0.3) is 5.91 Å². The fourth-order valence-electron chi connectivity index (χ4n) is 3.87. The predicted octanol–water partition coefficient (Wildman–Crippen LogP) is 5.67. The number of aromatic amines is 1. The molecular formula is C26H26BrN3O4. The van der Waals surface area contributed by atoms with Crippen molar-refractivity contribution in [2.24, 2.45) is 0 Å². The van der Waals surface area contributed by atoms with Gasteiger partial charge in [-0.15, -0.1) is 0 Å². The Labute approximate surface area is 206 Å². The summed E-state index contributed by atoms with van der Waals surface area (Å²) in [6, 6.07) is 17.2. The molecule has 0 aliphatic heterocycles. The summed E-state index contributed by atoms with van der Waals surface area (Å²) in [5, 5.41) is 7.51. The van der Waals surface area contributed by atoms with Crippen LogP contribution in [0.15, 0.2) is 65.3 Å². The van der Waals surface area contributed by atoms with Crippen LogP contribution in [-0.2, 0) is 6.42 Å². The van der Waals surface area contributed by atoms with Crippen LogP contribution in [0.3, 0.4) is 0 Å². The molecule has 0 unspecified atom stereocenters. The summed E-state index contributed by atoms with van der Waals surface area (Å²) in [4.78, 5) is 16.4. The van der Waals surface area contributed by atoms with Crippen molar-refractivity contribution in [3.05, 3.63) is 76.4 Å². The van der Waals surface area contributed by atoms with Crippen LogP contribution in [0, 0.1) is 0 Å². The summed E-state index contributed by atoms with van der Waals surface area (Å²) in [7, 11) is 4.68. The number of carbonyl (C=O) groups excluding carboxylic acids is 1. The monoisotopic (exact) mass is 523 g/mol. The van der Waals surface area contributed by atoms with Crippen LogP contribution in [-0.4, -0.2) is 38.8 Å². The van der Waals surface area contributed by atoms with Gasteiger partial charge in [-0.05, 0) is 36.2 Å². The number of amides is 1. The number of ether oxygens (including phenoxy) is 3. The Morgan fingerprint density at radius 3 is 2.41 bits per heavy atom. The van der Waals surface area contributed by atoms with Crippen molar-refractivity contribution in [3.8, 4) is 17.2 Å². The van der Waals surface area contributed by atoms with Crippen LogP contribution >= 0.6 is 15.9 Å². The van der Waals surface area contributed by atoms with Crippen LogP contribution in [0.4, 0.5) is 11.4 Å². The molecule has 7 nitrogen and oxygen atoms in total. The minimum Gasteiger partial charge on any atom is -0.493 e. The second kappa shape index (κ2) is 10.5. The molecule has 34 heavy (non-hydrogen) atoms. The van der Waals surface area contributed by atoms with Gasteiger partial charge in [-0.1, -0.05) is 34.1 Å². The van der Waals surface area contributed by atoms with Crippen LogP contribution in [0.25, 0.3) is 10.9 Å². The highest BCUT2D eigenvalue weighted by Gasteiger charge is 2.16. The molecule has 0 spiro atoms. The SMILES string of the molecule is COc1cc(Nc2ccc(Br)cc2C(=O)NCCc2c[nH]c3ccccc23)cc(OC)c1OC. The van der Waals surface area contributed by atoms with Gasteiger partial charge in [0.15, 0.2) is 11.5 Å². The van der Waals surface area contributed by atoms with Crippen LogP contribution < -0.4 is 24.8 Å². The van der Waals surface area contributed by atoms with E-state index in [0.29, 0.717) is 40.7 Å². The van der Waals surface area contributed by atoms with E-state index in [1.54, 1.807) is 39.5 Å². The molecule has 8 heteroatoms. The van der Waals surface area contributed by atoms with Crippen molar-refractivity contribution in [2.75, 3.05) is 33.2 Å². The van der Waals surface area contributed by atoms with Gasteiger partial charge < -0.3 is 29.8 Å². The van der Waals surface area contributed by atoms with Crippen molar-refractivity contribution in [1.82, 2.24) is 10.3 Å². The Hall–Kier alpha value is -3.65. The van der Waals surface area contributed by atoms with Crippen molar-refractivity contribution in [3.63, 3.8) is 0 Å². The minimum atomic E-state index is -0.170. The summed E-state index contributed by atoms with van der Waals surface area (Å²) in [6.07, 6.45) is 2.72. The molecule has 0 saturated heterocycles. The zero-order valence-corrected chi connectivity index (χ0v) is 20.8. The highest BCUT2D eigenvalue weighted by molar-refractivity contribution is 9.10. The molecule has 0 radical (unpaired) electrons. The van der Waals surface area contributed by atoms with Crippen molar-refractivity contribution in [1.29, 1.82) is 0 Å². The number of benzene rings is 3. The van der Waals surface area contributed by atoms with Gasteiger partial charge in [0.2, 0.25) is 5.75 Å². The predicted molar refractivity (Wildman–Crippen MR) is 138 cm³/mol. The molecule has 1 amide bonds. The molecule has 0 bridgehead atoms. The molecule has 4 aromatic rings. The second-order valence-electron chi connectivity index (χ2n) is 7.59. The summed E-state index contributed by atoms with van der Waals surface area (Å²) in [5.74, 6) is 1.37. The maximum atomic E-state index is 13.1. The average Bonchev–Trinajstić information content (AvgIpc) is 3.27. The average molecular weight is 524 g/mol. The van der Waals surface area contributed by atoms with Crippen molar-refractivity contribution in [2.45, 2.75) is 6.42 Å². The van der Waals surface area contributed by atoms with E-state index in [2.05, 4.69) is 37.6 Å². The Morgan fingerprint density at radius 1 is 0.971 bits per heavy atom. The van der Waals surface area contributed by atoms with E-state index in [1.807, 2.05) is 36.5 Å². The molecule has 3 aromatic carbocycles. The molecule has 0 aliphatic rings. The lowest BCUT2D eigenvalue weighted by molar-refractivity contribution is 0.0955. The Kier molecular flexibility index (Phi) is 7.27. The number of anilines is 2. The minimum absolute atomic E-state index is 0.170. The van der Waals surface area contributed by atoms with E-state index in [9.17, 15) is 4.79 Å². The van der Waals surface area contributed by atoms with Crippen LogP contribution in [0.2, 0.25) is 0 Å². The molecular weight excluding hydrogens is 498 g/mol. The number of para-hydroxylation sites is 1. The highest BCUT2D eigenvalue weighted by atomic mass is 79.9. The lowest BCUT2D eigenvalue weighted by Crippen LogP contribution is -2.26. The van der Waals surface area contributed by atoms with Gasteiger partial charge in [0.05, 0.1) is 32.6 Å². The Bertz CT molecular complexity index is 1290. The Morgan fingerprint density at radius 2 is 1.71 bits per heavy atom. The van der Waals surface area contributed by atoms with E-state index >= 15 is 0 Å². The first-order valence-corrected chi connectivity index (χ1v) is 11.5. The molecule has 4 rings (SSSR count). The number of carbonyl (C=O) groups is 1. The van der Waals surface area contributed by atoms with Gasteiger partial charge in [-0.25, -0.2) is 0 Å². The first-order chi connectivity index (χ1) is 16.5. The number of rotatable bonds is 9. The fourth-order valence-corrected chi connectivity index (χ4v) is 4.23. The van der Waals surface area contributed by atoms with Gasteiger partial charge in [-0.3, -0.25) is 4.79 Å². The van der Waals surface area contributed by atoms with Crippen LogP contribution in [0.1, 0.15) is 15.9 Å². The third-order valence-electron chi connectivity index (χ3n) is 5.52. The smallest absolute Gasteiger partial charge is 0.253 e. The second-order valence-corrected chi connectivity index (χ2v) is 8.51. The molecule has 3 N–H and O–H groups in total. The summed E-state index contributed by atoms with van der Waals surface area (Å²) >= 11 is 3.47. The van der Waals surface area contributed by atoms with E-state index in [1.165, 1.54) is 10.9 Å². The van der Waals surface area contributed by atoms with Gasteiger partial charge in [0.1, 0.15) is 0 Å². The topological polar surface area (TPSA) is 84.6 Å². The van der Waals surface area contributed by atoms with E-state index in [-0.39, 0.29) is 5.91 Å². The number of H-pyrrole nitrogens is 1. The molecule has 0 saturated carbocycles. The lowest BCUT2D eigenvalue weighted by atomic mass is 10.1. The van der Waals surface area contributed by atoms with E-state index in [0.717, 1.165) is 16.4 Å². The van der Waals surface area contributed by atoms with Crippen molar-refractivity contribution >= 4 is 44.1 Å². The first-order valence-electron chi connectivity index (χ1n) is 10.7. The maximum absolute atomic E-state index is 13.1. The summed E-state index contributed by atoms with van der Waals surface area (Å²) < 4.78 is 17.1. The molecule has 176 valence electrons. The molecule has 0 fully saturated rings. The van der Waals surface area contributed by atoms with Gasteiger partial charge in [-0.2, -0.15) is 0 Å². The molecule has 1 heterocycles. The maximum Gasteiger partial charge on any atom is 0.253 e. The van der Waals surface area contributed by atoms with Gasteiger partial charge in [0, 0.05) is 45.9 Å². The first kappa shape index (κ1) is 23.5. The van der Waals surface area contributed by atoms with Crippen LogP contribution in [0.5, 0.6) is 17.2 Å². The third-order valence-corrected chi connectivity index (χ3v) is 6.02. The standard InChI is InChI=1S/C26H26BrN3O4/c1-32-23-13-18(14-24(33-2)25(23)34-3)30-22-9-8-17(27)12-20(22)26(31)28-11-10-16-15-29-21-7-5-4-6-19(16)21/h4-9,12-15,29-30H,10-11H2,1-3H3,(H,28,31). The van der Waals surface area contributed by atoms with Crippen molar-refractivity contribution < 1.29 is 19.0 Å². The summed E-state index contributed by atoms with van der Waals surface area (Å²) in [5.41, 5.74) is 4.13. The number of nitrogens with one attached hydrogen (secondary N) is 3. The molecule has 0 aliphatic carbocycles. The normalized spacial score (nSPS) is 10.7. The zero-order chi connectivity index (χ0) is 24.1. The zero-order valence-electron chi connectivity index (χ0n) is 19.2. The number of methoxy groups -OCH3 is 3. The number of halogens is 1. The Balaban J connectivity index is 1.52. The number of hydrogen-bond donors (Lipinski definition) is 3. The third kappa shape index (κ3) is 4.97. The quantitative estimate of drug-likeness (QED) is 0.263. The largest absolute Gasteiger partial charge is 0.493 e. The number of fused-ring (bicyclic) bond motifs is 1. The number of aromatic nitrogens is 1.